The van der Waals surface area contributed by atoms with Crippen LogP contribution in [-0.2, 0) is 16.1 Å². The summed E-state index contributed by atoms with van der Waals surface area (Å²) in [6.45, 7) is 0.195. The van der Waals surface area contributed by atoms with Gasteiger partial charge in [-0.15, -0.1) is 0 Å². The molecule has 2 amide bonds. The van der Waals surface area contributed by atoms with Crippen molar-refractivity contribution in [3.63, 3.8) is 0 Å². The molecule has 2 aromatic carbocycles. The van der Waals surface area contributed by atoms with Gasteiger partial charge in [-0.1, -0.05) is 83.5 Å². The Kier molecular flexibility index (Phi) is 10.2. The van der Waals surface area contributed by atoms with Crippen molar-refractivity contribution in [2.45, 2.75) is 70.0 Å². The van der Waals surface area contributed by atoms with Crippen molar-refractivity contribution >= 4 is 39.3 Å². The average Bonchev–Trinajstić information content (AvgIpc) is 3.08. The van der Waals surface area contributed by atoms with Crippen molar-refractivity contribution in [1.82, 2.24) is 10.2 Å². The molecule has 0 heterocycles. The van der Waals surface area contributed by atoms with Crippen LogP contribution < -0.4 is 5.32 Å². The van der Waals surface area contributed by atoms with Crippen LogP contribution in [0.15, 0.2) is 48.5 Å². The number of rotatable bonds is 9. The fourth-order valence-electron chi connectivity index (χ4n) is 4.32. The van der Waals surface area contributed by atoms with Gasteiger partial charge in [0, 0.05) is 29.4 Å². The van der Waals surface area contributed by atoms with Crippen molar-refractivity contribution in [1.29, 1.82) is 0 Å². The molecule has 0 aromatic heterocycles. The summed E-state index contributed by atoms with van der Waals surface area (Å²) in [6, 6.07) is 12.4. The molecule has 33 heavy (non-hydrogen) atoms. The molecule has 2 aromatic rings. The third kappa shape index (κ3) is 7.54. The first-order valence-corrected chi connectivity index (χ1v) is 13.1. The molecule has 4 nitrogen and oxygen atoms in total. The molecule has 1 aliphatic carbocycles. The second kappa shape index (κ2) is 13.1. The Balaban J connectivity index is 1.96. The van der Waals surface area contributed by atoms with E-state index in [9.17, 15) is 14.0 Å². The second-order valence-corrected chi connectivity index (χ2v) is 9.76. The Morgan fingerprint density at radius 3 is 2.36 bits per heavy atom. The number of halogens is 3. The van der Waals surface area contributed by atoms with Crippen LogP contribution in [0.5, 0.6) is 0 Å². The van der Waals surface area contributed by atoms with E-state index in [4.69, 9.17) is 11.6 Å². The highest BCUT2D eigenvalue weighted by Crippen LogP contribution is 2.28. The van der Waals surface area contributed by atoms with E-state index in [2.05, 4.69) is 21.2 Å². The van der Waals surface area contributed by atoms with Crippen LogP contribution in [0.2, 0.25) is 5.02 Å². The lowest BCUT2D eigenvalue weighted by Crippen LogP contribution is -2.46. The van der Waals surface area contributed by atoms with Gasteiger partial charge in [0.15, 0.2) is 0 Å². The summed E-state index contributed by atoms with van der Waals surface area (Å²) in [5.41, 5.74) is 1.35. The number of carbonyl (C=O) groups excluding carboxylic acids is 2. The number of hydrogen-bond donors (Lipinski definition) is 1. The van der Waals surface area contributed by atoms with Gasteiger partial charge in [-0.25, -0.2) is 4.39 Å². The molecule has 0 unspecified atom stereocenters. The highest BCUT2D eigenvalue weighted by atomic mass is 79.9. The first-order chi connectivity index (χ1) is 16.0. The summed E-state index contributed by atoms with van der Waals surface area (Å²) in [5, 5.41) is 4.42. The molecule has 0 aliphatic heterocycles. The van der Waals surface area contributed by atoms with Crippen molar-refractivity contribution < 1.29 is 14.0 Å². The molecule has 178 valence electrons. The zero-order valence-electron chi connectivity index (χ0n) is 18.7. The minimum atomic E-state index is -0.868. The van der Waals surface area contributed by atoms with Crippen LogP contribution in [0, 0.1) is 5.82 Å². The lowest BCUT2D eigenvalue weighted by atomic mass is 10.0. The van der Waals surface area contributed by atoms with Gasteiger partial charge >= 0.3 is 0 Å². The Labute approximate surface area is 209 Å². The van der Waals surface area contributed by atoms with Crippen molar-refractivity contribution in [2.24, 2.45) is 0 Å². The monoisotopic (exact) mass is 536 g/mol. The maximum Gasteiger partial charge on any atom is 0.247 e. The van der Waals surface area contributed by atoms with Crippen molar-refractivity contribution in [3.8, 4) is 0 Å². The molecular weight excluding hydrogens is 507 g/mol. The molecule has 1 N–H and O–H groups in total. The predicted octanol–water partition coefficient (Wildman–Crippen LogP) is 6.56. The van der Waals surface area contributed by atoms with Gasteiger partial charge in [-0.2, -0.15) is 0 Å². The number of nitrogens with one attached hydrogen (secondary N) is 1. The molecule has 0 bridgehead atoms. The summed E-state index contributed by atoms with van der Waals surface area (Å²) in [4.78, 5) is 28.6. The number of amides is 2. The Hall–Kier alpha value is -1.92. The highest BCUT2D eigenvalue weighted by molar-refractivity contribution is 9.09. The minimum absolute atomic E-state index is 0.0859. The van der Waals surface area contributed by atoms with Gasteiger partial charge in [0.2, 0.25) is 11.8 Å². The van der Waals surface area contributed by atoms with Gasteiger partial charge in [0.25, 0.3) is 0 Å². The van der Waals surface area contributed by atoms with Gasteiger partial charge in [0.05, 0.1) is 0 Å². The maximum atomic E-state index is 13.7. The highest BCUT2D eigenvalue weighted by Gasteiger charge is 2.33. The van der Waals surface area contributed by atoms with Crippen LogP contribution in [0.3, 0.4) is 0 Å². The molecule has 3 rings (SSSR count). The summed E-state index contributed by atoms with van der Waals surface area (Å²) >= 11 is 9.79. The van der Waals surface area contributed by atoms with E-state index in [0.29, 0.717) is 28.8 Å². The Bertz CT molecular complexity index is 917. The first-order valence-electron chi connectivity index (χ1n) is 11.6. The van der Waals surface area contributed by atoms with Crippen molar-refractivity contribution in [2.75, 3.05) is 5.33 Å². The molecule has 0 radical (unpaired) electrons. The smallest absolute Gasteiger partial charge is 0.247 e. The van der Waals surface area contributed by atoms with Crippen LogP contribution in [0.1, 0.15) is 68.5 Å². The topological polar surface area (TPSA) is 49.4 Å². The Morgan fingerprint density at radius 2 is 1.73 bits per heavy atom. The number of nitrogens with zero attached hydrogens (tertiary/aromatic N) is 1. The normalized spacial score (nSPS) is 15.5. The summed E-state index contributed by atoms with van der Waals surface area (Å²) in [7, 11) is 0. The standard InChI is InChI=1S/C26H31BrClFN2O2/c27-17-7-12-24(32)31(18-20-8-5-6-11-23(20)28)25(19-13-15-21(29)16-14-19)26(33)30-22-9-3-1-2-4-10-22/h5-6,8,11,13-16,22,25H,1-4,7,9-10,12,17-18H2,(H,30,33)/t25-/m0/s1. The minimum Gasteiger partial charge on any atom is -0.351 e. The van der Waals surface area contributed by atoms with E-state index < -0.39 is 6.04 Å². The zero-order valence-corrected chi connectivity index (χ0v) is 21.1. The fraction of sp³-hybridized carbons (Fsp3) is 0.462. The third-order valence-electron chi connectivity index (χ3n) is 6.09. The van der Waals surface area contributed by atoms with Gasteiger partial charge in [0.1, 0.15) is 11.9 Å². The molecule has 1 fully saturated rings. The molecule has 1 atom stereocenters. The largest absolute Gasteiger partial charge is 0.351 e. The third-order valence-corrected chi connectivity index (χ3v) is 7.02. The van der Waals surface area contributed by atoms with Gasteiger partial charge in [-0.3, -0.25) is 9.59 Å². The number of benzene rings is 2. The molecule has 7 heteroatoms. The average molecular weight is 538 g/mol. The summed E-state index contributed by atoms with van der Waals surface area (Å²) in [6.07, 6.45) is 7.34. The summed E-state index contributed by atoms with van der Waals surface area (Å²) < 4.78 is 13.7. The van der Waals surface area contributed by atoms with Crippen LogP contribution in [0.4, 0.5) is 4.39 Å². The fourth-order valence-corrected chi connectivity index (χ4v) is 4.79. The Morgan fingerprint density at radius 1 is 1.06 bits per heavy atom. The molecular formula is C26H31BrClFN2O2. The van der Waals surface area contributed by atoms with E-state index in [1.54, 1.807) is 23.1 Å². The van der Waals surface area contributed by atoms with E-state index in [1.165, 1.54) is 25.0 Å². The number of hydrogen-bond acceptors (Lipinski definition) is 2. The molecule has 1 saturated carbocycles. The second-order valence-electron chi connectivity index (χ2n) is 8.56. The molecule has 1 aliphatic rings. The lowest BCUT2D eigenvalue weighted by Gasteiger charge is -2.33. The van der Waals surface area contributed by atoms with Crippen LogP contribution in [-0.4, -0.2) is 28.1 Å². The first kappa shape index (κ1) is 25.7. The zero-order chi connectivity index (χ0) is 23.6. The van der Waals surface area contributed by atoms with Crippen molar-refractivity contribution in [3.05, 3.63) is 70.5 Å². The van der Waals surface area contributed by atoms with Gasteiger partial charge in [-0.05, 0) is 48.6 Å². The van der Waals surface area contributed by atoms with Gasteiger partial charge < -0.3 is 10.2 Å². The maximum absolute atomic E-state index is 13.7. The number of alkyl halides is 1. The molecule has 0 saturated heterocycles. The number of carbonyl (C=O) groups is 2. The van der Waals surface area contributed by atoms with E-state index >= 15 is 0 Å². The molecule has 0 spiro atoms. The van der Waals surface area contributed by atoms with E-state index in [-0.39, 0.29) is 30.2 Å². The summed E-state index contributed by atoms with van der Waals surface area (Å²) in [5.74, 6) is -0.752. The van der Waals surface area contributed by atoms with E-state index in [1.807, 2.05) is 18.2 Å². The quantitative estimate of drug-likeness (QED) is 0.291. The predicted molar refractivity (Wildman–Crippen MR) is 134 cm³/mol. The van der Waals surface area contributed by atoms with E-state index in [0.717, 1.165) is 31.2 Å². The lowest BCUT2D eigenvalue weighted by molar-refractivity contribution is -0.142. The van der Waals surface area contributed by atoms with Crippen LogP contribution in [0.25, 0.3) is 0 Å². The SMILES string of the molecule is O=C(NC1CCCCCC1)[C@H](c1ccc(F)cc1)N(Cc1ccccc1Cl)C(=O)CCCBr. The van der Waals surface area contributed by atoms with Crippen LogP contribution >= 0.6 is 27.5 Å².